The molecule has 0 aromatic carbocycles. The van der Waals surface area contributed by atoms with Gasteiger partial charge in [0.2, 0.25) is 11.8 Å². The smallest absolute Gasteiger partial charge is 0.239 e. The normalized spacial score (nSPS) is 33.5. The van der Waals surface area contributed by atoms with Crippen molar-refractivity contribution in [3.8, 4) is 0 Å². The van der Waals surface area contributed by atoms with Crippen LogP contribution in [-0.2, 0) is 16.1 Å². The molecule has 4 saturated carbocycles. The number of nitrogens with one attached hydrogen (secondary N) is 2. The lowest BCUT2D eigenvalue weighted by Crippen LogP contribution is -2.54. The average molecular weight is 411 g/mol. The highest BCUT2D eigenvalue weighted by molar-refractivity contribution is 9.11. The molecule has 0 atom stereocenters. The molecule has 0 aliphatic heterocycles. The van der Waals surface area contributed by atoms with E-state index < -0.39 is 0 Å². The zero-order chi connectivity index (χ0) is 16.7. The van der Waals surface area contributed by atoms with Gasteiger partial charge in [0.1, 0.15) is 0 Å². The van der Waals surface area contributed by atoms with E-state index in [4.69, 9.17) is 0 Å². The maximum Gasteiger partial charge on any atom is 0.239 e. The first-order chi connectivity index (χ1) is 11.5. The van der Waals surface area contributed by atoms with Gasteiger partial charge in [-0.3, -0.25) is 9.59 Å². The second-order valence-corrected chi connectivity index (χ2v) is 10.4. The Bertz CT molecular complexity index is 622. The molecule has 0 radical (unpaired) electrons. The lowest BCUT2D eigenvalue weighted by atomic mass is 9.49. The van der Waals surface area contributed by atoms with E-state index in [1.54, 1.807) is 11.3 Å². The molecule has 4 bridgehead atoms. The molecule has 4 aliphatic rings. The van der Waals surface area contributed by atoms with E-state index in [0.717, 1.165) is 45.7 Å². The zero-order valence-electron chi connectivity index (χ0n) is 13.6. The Hall–Kier alpha value is -0.880. The van der Waals surface area contributed by atoms with Crippen LogP contribution in [0, 0.1) is 23.2 Å². The molecule has 2 N–H and O–H groups in total. The van der Waals surface area contributed by atoms with Gasteiger partial charge in [0, 0.05) is 10.3 Å². The summed E-state index contributed by atoms with van der Waals surface area (Å²) in [5.74, 6) is 2.24. The van der Waals surface area contributed by atoms with Gasteiger partial charge in [-0.2, -0.15) is 0 Å². The second kappa shape index (κ2) is 6.45. The van der Waals surface area contributed by atoms with Crippen molar-refractivity contribution < 1.29 is 9.59 Å². The molecule has 24 heavy (non-hydrogen) atoms. The Morgan fingerprint density at radius 3 is 2.25 bits per heavy atom. The van der Waals surface area contributed by atoms with Crippen LogP contribution in [0.2, 0.25) is 0 Å². The van der Waals surface area contributed by atoms with Crippen LogP contribution >= 0.6 is 27.3 Å². The first-order valence-corrected chi connectivity index (χ1v) is 10.4. The minimum atomic E-state index is -0.173. The highest BCUT2D eigenvalue weighted by atomic mass is 79.9. The summed E-state index contributed by atoms with van der Waals surface area (Å²) in [5, 5.41) is 5.80. The summed E-state index contributed by atoms with van der Waals surface area (Å²) >= 11 is 5.02. The highest BCUT2D eigenvalue weighted by Crippen LogP contribution is 2.60. The quantitative estimate of drug-likeness (QED) is 0.780. The van der Waals surface area contributed by atoms with Gasteiger partial charge >= 0.3 is 0 Å². The number of carbonyl (C=O) groups is 2. The molecule has 0 unspecified atom stereocenters. The molecule has 130 valence electrons. The largest absolute Gasteiger partial charge is 0.350 e. The van der Waals surface area contributed by atoms with E-state index in [1.165, 1.54) is 19.3 Å². The Morgan fingerprint density at radius 1 is 1.08 bits per heavy atom. The third kappa shape index (κ3) is 3.27. The van der Waals surface area contributed by atoms with Gasteiger partial charge < -0.3 is 10.6 Å². The van der Waals surface area contributed by atoms with Crippen molar-refractivity contribution in [2.75, 3.05) is 6.54 Å². The third-order valence-corrected chi connectivity index (χ3v) is 7.64. The van der Waals surface area contributed by atoms with Gasteiger partial charge in [0.25, 0.3) is 0 Å². The molecule has 6 heteroatoms. The summed E-state index contributed by atoms with van der Waals surface area (Å²) in [5.41, 5.74) is -0.173. The fraction of sp³-hybridized carbons (Fsp3) is 0.667. The van der Waals surface area contributed by atoms with Crippen LogP contribution in [0.5, 0.6) is 0 Å². The number of hydrogen-bond donors (Lipinski definition) is 2. The fourth-order valence-corrected chi connectivity index (χ4v) is 6.85. The Morgan fingerprint density at radius 2 is 1.71 bits per heavy atom. The van der Waals surface area contributed by atoms with Crippen LogP contribution in [0.15, 0.2) is 15.9 Å². The summed E-state index contributed by atoms with van der Waals surface area (Å²) in [6, 6.07) is 3.96. The minimum Gasteiger partial charge on any atom is -0.350 e. The Balaban J connectivity index is 1.28. The minimum absolute atomic E-state index is 0.0904. The van der Waals surface area contributed by atoms with Crippen LogP contribution in [0.4, 0.5) is 0 Å². The van der Waals surface area contributed by atoms with E-state index in [9.17, 15) is 9.59 Å². The zero-order valence-corrected chi connectivity index (χ0v) is 16.0. The summed E-state index contributed by atoms with van der Waals surface area (Å²) in [7, 11) is 0. The van der Waals surface area contributed by atoms with Gasteiger partial charge in [0.05, 0.1) is 16.9 Å². The predicted octanol–water partition coefficient (Wildman–Crippen LogP) is 3.46. The van der Waals surface area contributed by atoms with Gasteiger partial charge in [-0.15, -0.1) is 11.3 Å². The number of halogens is 1. The molecule has 4 aliphatic carbocycles. The predicted molar refractivity (Wildman–Crippen MR) is 97.5 cm³/mol. The lowest BCUT2D eigenvalue weighted by molar-refractivity contribution is -0.147. The molecule has 1 aromatic heterocycles. The maximum absolute atomic E-state index is 12.8. The van der Waals surface area contributed by atoms with E-state index in [2.05, 4.69) is 26.6 Å². The molecule has 0 saturated heterocycles. The molecule has 4 fully saturated rings. The van der Waals surface area contributed by atoms with E-state index >= 15 is 0 Å². The molecule has 1 heterocycles. The topological polar surface area (TPSA) is 58.2 Å². The van der Waals surface area contributed by atoms with E-state index in [0.29, 0.717) is 6.54 Å². The monoisotopic (exact) mass is 410 g/mol. The molecular weight excluding hydrogens is 388 g/mol. The summed E-state index contributed by atoms with van der Waals surface area (Å²) in [6.07, 6.45) is 7.08. The summed E-state index contributed by atoms with van der Waals surface area (Å²) in [6.45, 7) is 0.607. The third-order valence-electron chi connectivity index (χ3n) is 6.02. The van der Waals surface area contributed by atoms with Crippen molar-refractivity contribution in [2.24, 2.45) is 23.2 Å². The van der Waals surface area contributed by atoms with Crippen LogP contribution in [0.3, 0.4) is 0 Å². The number of hydrogen-bond acceptors (Lipinski definition) is 3. The first kappa shape index (κ1) is 16.6. The van der Waals surface area contributed by atoms with Crippen molar-refractivity contribution in [3.63, 3.8) is 0 Å². The van der Waals surface area contributed by atoms with E-state index in [1.807, 2.05) is 12.1 Å². The van der Waals surface area contributed by atoms with Crippen LogP contribution in [0.25, 0.3) is 0 Å². The van der Waals surface area contributed by atoms with Crippen molar-refractivity contribution in [3.05, 3.63) is 20.8 Å². The molecule has 0 spiro atoms. The SMILES string of the molecule is O=C(CNC(=O)C12CC3CC(CC(C3)C1)C2)NCc1ccc(Br)s1. The Labute approximate surface area is 154 Å². The van der Waals surface area contributed by atoms with Crippen molar-refractivity contribution >= 4 is 39.1 Å². The number of rotatable bonds is 5. The van der Waals surface area contributed by atoms with Crippen molar-refractivity contribution in [1.82, 2.24) is 10.6 Å². The van der Waals surface area contributed by atoms with Crippen molar-refractivity contribution in [2.45, 2.75) is 45.1 Å². The average Bonchev–Trinajstić information content (AvgIpc) is 2.95. The first-order valence-electron chi connectivity index (χ1n) is 8.82. The lowest BCUT2D eigenvalue weighted by Gasteiger charge is -2.55. The van der Waals surface area contributed by atoms with Crippen LogP contribution in [-0.4, -0.2) is 18.4 Å². The molecule has 2 amide bonds. The summed E-state index contributed by atoms with van der Waals surface area (Å²) < 4.78 is 1.06. The Kier molecular flexibility index (Phi) is 4.45. The number of amides is 2. The van der Waals surface area contributed by atoms with Gasteiger partial charge in [-0.05, 0) is 84.3 Å². The second-order valence-electron chi connectivity index (χ2n) is 7.86. The van der Waals surface area contributed by atoms with Crippen molar-refractivity contribution in [1.29, 1.82) is 0 Å². The van der Waals surface area contributed by atoms with Crippen LogP contribution < -0.4 is 10.6 Å². The van der Waals surface area contributed by atoms with Gasteiger partial charge in [-0.25, -0.2) is 0 Å². The number of carbonyl (C=O) groups excluding carboxylic acids is 2. The molecular formula is C18H23BrN2O2S. The van der Waals surface area contributed by atoms with Gasteiger partial charge in [0.15, 0.2) is 0 Å². The number of thiophene rings is 1. The summed E-state index contributed by atoms with van der Waals surface area (Å²) in [4.78, 5) is 25.9. The van der Waals surface area contributed by atoms with Crippen LogP contribution in [0.1, 0.15) is 43.4 Å². The highest BCUT2D eigenvalue weighted by Gasteiger charge is 2.54. The molecule has 5 rings (SSSR count). The fourth-order valence-electron chi connectivity index (χ4n) is 5.43. The molecule has 4 nitrogen and oxygen atoms in total. The standard InChI is InChI=1S/C18H23BrN2O2S/c19-15-2-1-14(24-15)9-20-16(22)10-21-17(23)18-6-11-3-12(7-18)5-13(4-11)8-18/h1-2,11-13H,3-10H2,(H,20,22)(H,21,23). The maximum atomic E-state index is 12.8. The van der Waals surface area contributed by atoms with E-state index in [-0.39, 0.29) is 23.8 Å². The molecule has 1 aromatic rings. The van der Waals surface area contributed by atoms with Gasteiger partial charge in [-0.1, -0.05) is 0 Å².